The highest BCUT2D eigenvalue weighted by Gasteiger charge is 2.07. The van der Waals surface area contributed by atoms with Crippen LogP contribution in [0.1, 0.15) is 5.56 Å². The lowest BCUT2D eigenvalue weighted by Gasteiger charge is -2.02. The minimum Gasteiger partial charge on any atom is -0.388 e. The number of non-ortho nitro benzene ring substituents is 1. The van der Waals surface area contributed by atoms with Crippen LogP contribution in [0.3, 0.4) is 0 Å². The van der Waals surface area contributed by atoms with Crippen molar-refractivity contribution in [1.82, 2.24) is 0 Å². The smallest absolute Gasteiger partial charge is 0.269 e. The fourth-order valence-corrected chi connectivity index (χ4v) is 1.98. The maximum absolute atomic E-state index is 10.4. The van der Waals surface area contributed by atoms with Crippen LogP contribution in [0.5, 0.6) is 0 Å². The second-order valence-electron chi connectivity index (χ2n) is 3.01. The van der Waals surface area contributed by atoms with Crippen molar-refractivity contribution in [2.24, 2.45) is 16.7 Å². The Morgan fingerprint density at radius 3 is 2.47 bits per heavy atom. The molecule has 0 radical (unpaired) electrons. The maximum Gasteiger partial charge on any atom is 0.269 e. The Hall–Kier alpha value is -1.67. The van der Waals surface area contributed by atoms with Crippen molar-refractivity contribution >= 4 is 39.7 Å². The fraction of sp³-hybridized carbons (Fsp3) is 0.111. The number of hydrazone groups is 1. The Morgan fingerprint density at radius 1 is 1.47 bits per heavy atom. The Balaban J connectivity index is 2.64. The highest BCUT2D eigenvalue weighted by atomic mass is 32.2. The van der Waals surface area contributed by atoms with Crippen molar-refractivity contribution in [2.45, 2.75) is 5.75 Å². The Bertz CT molecular complexity index is 459. The number of nitro groups is 1. The van der Waals surface area contributed by atoms with E-state index in [-0.39, 0.29) is 10.7 Å². The van der Waals surface area contributed by atoms with Crippen LogP contribution in [0.25, 0.3) is 0 Å². The van der Waals surface area contributed by atoms with Gasteiger partial charge in [0.2, 0.25) is 0 Å². The molecular formula is C9H10N4O2S2. The molecule has 90 valence electrons. The molecule has 0 amide bonds. The molecule has 0 saturated heterocycles. The number of thiocarbonyl (C=S) groups is 1. The van der Waals surface area contributed by atoms with Gasteiger partial charge in [0.1, 0.15) is 4.99 Å². The van der Waals surface area contributed by atoms with E-state index in [1.165, 1.54) is 23.9 Å². The van der Waals surface area contributed by atoms with E-state index in [0.29, 0.717) is 10.8 Å². The van der Waals surface area contributed by atoms with Gasteiger partial charge in [-0.15, -0.1) is 0 Å². The number of benzene rings is 1. The summed E-state index contributed by atoms with van der Waals surface area (Å²) in [6.07, 6.45) is 0. The molecule has 0 aliphatic heterocycles. The monoisotopic (exact) mass is 270 g/mol. The summed E-state index contributed by atoms with van der Waals surface area (Å²) < 4.78 is 0. The van der Waals surface area contributed by atoms with Crippen LogP contribution in [-0.2, 0) is 5.75 Å². The second-order valence-corrected chi connectivity index (χ2v) is 4.41. The van der Waals surface area contributed by atoms with Gasteiger partial charge in [-0.2, -0.15) is 5.10 Å². The quantitative estimate of drug-likeness (QED) is 0.214. The molecule has 1 aromatic carbocycles. The predicted octanol–water partition coefficient (Wildman–Crippen LogP) is 1.39. The van der Waals surface area contributed by atoms with Gasteiger partial charge < -0.3 is 11.6 Å². The Kier molecular flexibility index (Phi) is 4.85. The van der Waals surface area contributed by atoms with Gasteiger partial charge in [0.15, 0.2) is 5.04 Å². The molecule has 1 aromatic rings. The zero-order chi connectivity index (χ0) is 12.8. The summed E-state index contributed by atoms with van der Waals surface area (Å²) in [4.78, 5) is 10.1. The number of rotatable bonds is 3. The third kappa shape index (κ3) is 4.00. The number of nitro benzene ring substituents is 1. The van der Waals surface area contributed by atoms with Crippen LogP contribution in [0.15, 0.2) is 29.4 Å². The SMILES string of the molecule is N/N=C(\SCc1ccc([N+](=O)[O-])cc1)C(N)=S. The molecule has 0 fully saturated rings. The molecule has 0 aliphatic carbocycles. The molecule has 4 N–H and O–H groups in total. The lowest BCUT2D eigenvalue weighted by molar-refractivity contribution is -0.384. The molecule has 0 aliphatic rings. The topological polar surface area (TPSA) is 108 Å². The highest BCUT2D eigenvalue weighted by Crippen LogP contribution is 2.17. The average Bonchev–Trinajstić information content (AvgIpc) is 2.30. The van der Waals surface area contributed by atoms with Crippen LogP contribution < -0.4 is 11.6 Å². The number of hydrogen-bond donors (Lipinski definition) is 2. The molecule has 0 heterocycles. The van der Waals surface area contributed by atoms with E-state index < -0.39 is 4.92 Å². The normalized spacial score (nSPS) is 11.2. The van der Waals surface area contributed by atoms with Crippen molar-refractivity contribution in [2.75, 3.05) is 0 Å². The maximum atomic E-state index is 10.4. The largest absolute Gasteiger partial charge is 0.388 e. The third-order valence-electron chi connectivity index (χ3n) is 1.85. The molecular weight excluding hydrogens is 260 g/mol. The summed E-state index contributed by atoms with van der Waals surface area (Å²) in [6.45, 7) is 0. The van der Waals surface area contributed by atoms with Gasteiger partial charge in [0.05, 0.1) is 4.92 Å². The molecule has 0 unspecified atom stereocenters. The lowest BCUT2D eigenvalue weighted by Crippen LogP contribution is -2.19. The summed E-state index contributed by atoms with van der Waals surface area (Å²) in [5.41, 5.74) is 6.34. The minimum atomic E-state index is -0.446. The Labute approximate surface area is 107 Å². The summed E-state index contributed by atoms with van der Waals surface area (Å²) in [6, 6.07) is 6.21. The second kappa shape index (κ2) is 6.16. The zero-order valence-electron chi connectivity index (χ0n) is 8.70. The van der Waals surface area contributed by atoms with Gasteiger partial charge in [0.25, 0.3) is 5.69 Å². The molecule has 0 atom stereocenters. The van der Waals surface area contributed by atoms with E-state index in [1.807, 2.05) is 0 Å². The number of hydrogen-bond acceptors (Lipinski definition) is 6. The molecule has 0 spiro atoms. The van der Waals surface area contributed by atoms with E-state index in [1.54, 1.807) is 12.1 Å². The van der Waals surface area contributed by atoms with E-state index in [2.05, 4.69) is 5.10 Å². The van der Waals surface area contributed by atoms with Gasteiger partial charge in [-0.05, 0) is 5.56 Å². The molecule has 0 bridgehead atoms. The first-order valence-corrected chi connectivity index (χ1v) is 5.87. The number of nitrogens with zero attached hydrogens (tertiary/aromatic N) is 2. The fourth-order valence-electron chi connectivity index (χ4n) is 1.04. The molecule has 17 heavy (non-hydrogen) atoms. The van der Waals surface area contributed by atoms with Gasteiger partial charge in [-0.1, -0.05) is 36.1 Å². The minimum absolute atomic E-state index is 0.0563. The van der Waals surface area contributed by atoms with E-state index >= 15 is 0 Å². The Morgan fingerprint density at radius 2 is 2.06 bits per heavy atom. The summed E-state index contributed by atoms with van der Waals surface area (Å²) in [5.74, 6) is 5.66. The van der Waals surface area contributed by atoms with Crippen LogP contribution in [0, 0.1) is 10.1 Å². The van der Waals surface area contributed by atoms with Crippen molar-refractivity contribution < 1.29 is 4.92 Å². The molecule has 6 nitrogen and oxygen atoms in total. The molecule has 0 saturated carbocycles. The number of nitrogens with two attached hydrogens (primary N) is 2. The van der Waals surface area contributed by atoms with Crippen molar-refractivity contribution in [3.8, 4) is 0 Å². The van der Waals surface area contributed by atoms with E-state index in [0.717, 1.165) is 5.56 Å². The van der Waals surface area contributed by atoms with E-state index in [9.17, 15) is 10.1 Å². The third-order valence-corrected chi connectivity index (χ3v) is 3.25. The van der Waals surface area contributed by atoms with Crippen LogP contribution in [0.2, 0.25) is 0 Å². The summed E-state index contributed by atoms with van der Waals surface area (Å²) in [5, 5.41) is 14.3. The molecule has 1 rings (SSSR count). The van der Waals surface area contributed by atoms with Crippen LogP contribution >= 0.6 is 24.0 Å². The molecule has 8 heteroatoms. The first-order chi connectivity index (χ1) is 8.04. The van der Waals surface area contributed by atoms with E-state index in [4.69, 9.17) is 23.8 Å². The van der Waals surface area contributed by atoms with Gasteiger partial charge in [-0.25, -0.2) is 0 Å². The average molecular weight is 270 g/mol. The van der Waals surface area contributed by atoms with Crippen LogP contribution in [0.4, 0.5) is 5.69 Å². The standard InChI is InChI=1S/C9H10N4O2S2/c10-8(16)9(12-11)17-5-6-1-3-7(4-2-6)13(14)15/h1-4H,5,11H2,(H2,10,16)/b12-9-. The van der Waals surface area contributed by atoms with Gasteiger partial charge >= 0.3 is 0 Å². The first-order valence-electron chi connectivity index (χ1n) is 4.48. The first kappa shape index (κ1) is 13.4. The van der Waals surface area contributed by atoms with Crippen molar-refractivity contribution in [3.05, 3.63) is 39.9 Å². The summed E-state index contributed by atoms with van der Waals surface area (Å²) in [7, 11) is 0. The zero-order valence-corrected chi connectivity index (χ0v) is 10.3. The predicted molar refractivity (Wildman–Crippen MR) is 72.8 cm³/mol. The lowest BCUT2D eigenvalue weighted by atomic mass is 10.2. The van der Waals surface area contributed by atoms with Crippen molar-refractivity contribution in [3.63, 3.8) is 0 Å². The molecule has 0 aromatic heterocycles. The number of thioether (sulfide) groups is 1. The van der Waals surface area contributed by atoms with Crippen LogP contribution in [-0.4, -0.2) is 15.0 Å². The van der Waals surface area contributed by atoms with Gasteiger partial charge in [0, 0.05) is 17.9 Å². The van der Waals surface area contributed by atoms with Gasteiger partial charge in [-0.3, -0.25) is 10.1 Å². The van der Waals surface area contributed by atoms with Crippen molar-refractivity contribution in [1.29, 1.82) is 0 Å². The summed E-state index contributed by atoms with van der Waals surface area (Å²) >= 11 is 6.03. The highest BCUT2D eigenvalue weighted by molar-refractivity contribution is 8.16.